The van der Waals surface area contributed by atoms with E-state index in [1.165, 1.54) is 12.0 Å². The van der Waals surface area contributed by atoms with Gasteiger partial charge in [-0.05, 0) is 56.5 Å². The van der Waals surface area contributed by atoms with Crippen LogP contribution in [0.4, 0.5) is 0 Å². The van der Waals surface area contributed by atoms with Crippen LogP contribution in [-0.2, 0) is 5.41 Å². The molecule has 1 saturated heterocycles. The van der Waals surface area contributed by atoms with Crippen LogP contribution in [-0.4, -0.2) is 50.0 Å². The number of hydrogen-bond acceptors (Lipinski definition) is 4. The van der Waals surface area contributed by atoms with Gasteiger partial charge in [0.15, 0.2) is 11.5 Å². The first-order valence-corrected chi connectivity index (χ1v) is 8.22. The molecule has 4 rings (SSSR count). The van der Waals surface area contributed by atoms with E-state index in [2.05, 4.69) is 24.1 Å². The largest absolute Gasteiger partial charge is 0.493 e. The number of methoxy groups -OCH3 is 2. The third kappa shape index (κ3) is 1.65. The lowest BCUT2D eigenvalue weighted by molar-refractivity contribution is 0.0417. The van der Waals surface area contributed by atoms with E-state index in [0.29, 0.717) is 17.9 Å². The average molecular weight is 303 g/mol. The van der Waals surface area contributed by atoms with Crippen molar-refractivity contribution in [3.05, 3.63) is 23.8 Å². The molecule has 4 nitrogen and oxygen atoms in total. The summed E-state index contributed by atoms with van der Waals surface area (Å²) in [6.45, 7) is 1.11. The molecular weight excluding hydrogens is 278 g/mol. The zero-order valence-electron chi connectivity index (χ0n) is 13.6. The summed E-state index contributed by atoms with van der Waals surface area (Å²) in [5.74, 6) is 2.60. The number of ether oxygens (including phenoxy) is 2. The minimum Gasteiger partial charge on any atom is -0.493 e. The molecule has 1 aliphatic heterocycles. The third-order valence-corrected chi connectivity index (χ3v) is 6.51. The van der Waals surface area contributed by atoms with Crippen LogP contribution < -0.4 is 9.47 Å². The average Bonchev–Trinajstić information content (AvgIpc) is 3.17. The second-order valence-electron chi connectivity index (χ2n) is 7.19. The molecule has 0 amide bonds. The van der Waals surface area contributed by atoms with Gasteiger partial charge in [0.05, 0.1) is 20.3 Å². The van der Waals surface area contributed by atoms with Gasteiger partial charge in [-0.3, -0.25) is 0 Å². The van der Waals surface area contributed by atoms with Crippen LogP contribution in [0.5, 0.6) is 11.5 Å². The van der Waals surface area contributed by atoms with Crippen molar-refractivity contribution in [2.45, 2.75) is 36.8 Å². The van der Waals surface area contributed by atoms with Gasteiger partial charge in [0, 0.05) is 17.4 Å². The van der Waals surface area contributed by atoms with E-state index >= 15 is 0 Å². The fourth-order valence-electron chi connectivity index (χ4n) is 5.68. The second-order valence-corrected chi connectivity index (χ2v) is 7.19. The summed E-state index contributed by atoms with van der Waals surface area (Å²) >= 11 is 0. The van der Waals surface area contributed by atoms with E-state index in [-0.39, 0.29) is 11.5 Å². The van der Waals surface area contributed by atoms with Gasteiger partial charge in [-0.15, -0.1) is 0 Å². The number of aliphatic hydroxyl groups is 1. The highest BCUT2D eigenvalue weighted by atomic mass is 16.5. The van der Waals surface area contributed by atoms with Gasteiger partial charge in [0.2, 0.25) is 0 Å². The van der Waals surface area contributed by atoms with E-state index < -0.39 is 0 Å². The summed E-state index contributed by atoms with van der Waals surface area (Å²) in [6, 6.07) is 6.86. The summed E-state index contributed by atoms with van der Waals surface area (Å²) in [4.78, 5) is 2.46. The molecule has 0 radical (unpaired) electrons. The van der Waals surface area contributed by atoms with Crippen molar-refractivity contribution in [1.82, 2.24) is 4.90 Å². The summed E-state index contributed by atoms with van der Waals surface area (Å²) < 4.78 is 10.9. The van der Waals surface area contributed by atoms with Crippen LogP contribution >= 0.6 is 0 Å². The lowest BCUT2D eigenvalue weighted by Gasteiger charge is -2.43. The fourth-order valence-corrected chi connectivity index (χ4v) is 5.68. The Morgan fingerprint density at radius 1 is 1.18 bits per heavy atom. The molecule has 2 saturated carbocycles. The predicted molar refractivity (Wildman–Crippen MR) is 84.5 cm³/mol. The van der Waals surface area contributed by atoms with Gasteiger partial charge >= 0.3 is 0 Å². The van der Waals surface area contributed by atoms with Crippen molar-refractivity contribution < 1.29 is 14.6 Å². The zero-order chi connectivity index (χ0) is 15.5. The Bertz CT molecular complexity index is 590. The monoisotopic (exact) mass is 303 g/mol. The van der Waals surface area contributed by atoms with Gasteiger partial charge in [0.25, 0.3) is 0 Å². The molecule has 22 heavy (non-hydrogen) atoms. The number of benzene rings is 1. The molecule has 2 bridgehead atoms. The smallest absolute Gasteiger partial charge is 0.161 e. The molecule has 1 heterocycles. The van der Waals surface area contributed by atoms with Crippen molar-refractivity contribution in [2.75, 3.05) is 27.8 Å². The van der Waals surface area contributed by atoms with Crippen molar-refractivity contribution in [3.63, 3.8) is 0 Å². The number of nitrogens with zero attached hydrogens (tertiary/aromatic N) is 1. The van der Waals surface area contributed by atoms with E-state index in [0.717, 1.165) is 30.9 Å². The first-order valence-electron chi connectivity index (χ1n) is 8.22. The highest BCUT2D eigenvalue weighted by Crippen LogP contribution is 2.63. The number of fused-ring (bicyclic) bond motifs is 5. The number of rotatable bonds is 3. The SMILES string of the molecule is COc1ccc([C@]23CCN(C)[C@H]2[C@H]2C[C@@H]3C[C@H]2O)cc1OC. The Hall–Kier alpha value is -1.26. The van der Waals surface area contributed by atoms with Crippen molar-refractivity contribution in [1.29, 1.82) is 0 Å². The van der Waals surface area contributed by atoms with E-state index in [1.54, 1.807) is 14.2 Å². The Labute approximate surface area is 132 Å². The van der Waals surface area contributed by atoms with Gasteiger partial charge in [-0.25, -0.2) is 0 Å². The molecule has 3 fully saturated rings. The van der Waals surface area contributed by atoms with Gasteiger partial charge in [0.1, 0.15) is 0 Å². The van der Waals surface area contributed by atoms with Crippen LogP contribution in [0, 0.1) is 11.8 Å². The van der Waals surface area contributed by atoms with Crippen LogP contribution in [0.15, 0.2) is 18.2 Å². The fraction of sp³-hybridized carbons (Fsp3) is 0.667. The van der Waals surface area contributed by atoms with Gasteiger partial charge in [-0.2, -0.15) is 0 Å². The van der Waals surface area contributed by atoms with E-state index in [1.807, 2.05) is 6.07 Å². The first kappa shape index (κ1) is 14.3. The maximum Gasteiger partial charge on any atom is 0.161 e. The predicted octanol–water partition coefficient (Wildman–Crippen LogP) is 2.05. The van der Waals surface area contributed by atoms with Crippen molar-refractivity contribution >= 4 is 0 Å². The number of likely N-dealkylation sites (tertiary alicyclic amines) is 1. The first-order chi connectivity index (χ1) is 10.6. The molecule has 1 N–H and O–H groups in total. The normalized spacial score (nSPS) is 40.0. The number of aliphatic hydroxyl groups excluding tert-OH is 1. The molecule has 1 aromatic rings. The Kier molecular flexibility index (Phi) is 3.17. The lowest BCUT2D eigenvalue weighted by Crippen LogP contribution is -2.49. The molecule has 2 aliphatic carbocycles. The minimum absolute atomic E-state index is 0.121. The second kappa shape index (κ2) is 4.87. The van der Waals surface area contributed by atoms with E-state index in [9.17, 15) is 5.11 Å². The standard InChI is InChI=1S/C18H25NO3/c1-19-7-6-18(12-8-13(17(18)19)14(20)9-12)11-4-5-15(21-2)16(10-11)22-3/h4-5,10,12-14,17,20H,6-9H2,1-3H3/t12-,13+,14-,17+,18+/m1/s1. The molecule has 5 atom stereocenters. The Morgan fingerprint density at radius 2 is 1.95 bits per heavy atom. The van der Waals surface area contributed by atoms with Crippen LogP contribution in [0.1, 0.15) is 24.8 Å². The molecule has 1 aromatic carbocycles. The molecule has 0 unspecified atom stereocenters. The van der Waals surface area contributed by atoms with Crippen molar-refractivity contribution in [3.8, 4) is 11.5 Å². The summed E-state index contributed by atoms with van der Waals surface area (Å²) in [5, 5.41) is 10.4. The minimum atomic E-state index is -0.121. The summed E-state index contributed by atoms with van der Waals surface area (Å²) in [6.07, 6.45) is 3.16. The van der Waals surface area contributed by atoms with Crippen LogP contribution in [0.2, 0.25) is 0 Å². The molecule has 0 spiro atoms. The molecule has 120 valence electrons. The topological polar surface area (TPSA) is 41.9 Å². The van der Waals surface area contributed by atoms with Crippen LogP contribution in [0.25, 0.3) is 0 Å². The molecule has 3 aliphatic rings. The maximum atomic E-state index is 10.4. The summed E-state index contributed by atoms with van der Waals surface area (Å²) in [5.41, 5.74) is 1.54. The Balaban J connectivity index is 1.81. The molecule has 4 heteroatoms. The van der Waals surface area contributed by atoms with Gasteiger partial charge in [-0.1, -0.05) is 6.07 Å². The number of likely N-dealkylation sites (N-methyl/N-ethyl adjacent to an activating group) is 1. The quantitative estimate of drug-likeness (QED) is 0.928. The van der Waals surface area contributed by atoms with Crippen molar-refractivity contribution in [2.24, 2.45) is 11.8 Å². The lowest BCUT2D eigenvalue weighted by atomic mass is 9.65. The molecular formula is C18H25NO3. The summed E-state index contributed by atoms with van der Waals surface area (Å²) in [7, 11) is 5.58. The van der Waals surface area contributed by atoms with Crippen LogP contribution in [0.3, 0.4) is 0 Å². The van der Waals surface area contributed by atoms with Gasteiger partial charge < -0.3 is 19.5 Å². The zero-order valence-corrected chi connectivity index (χ0v) is 13.6. The third-order valence-electron chi connectivity index (χ3n) is 6.51. The highest BCUT2D eigenvalue weighted by Gasteiger charge is 2.65. The Morgan fingerprint density at radius 3 is 2.68 bits per heavy atom. The highest BCUT2D eigenvalue weighted by molar-refractivity contribution is 5.48. The number of hydrogen-bond donors (Lipinski definition) is 1. The molecule has 0 aromatic heterocycles. The maximum absolute atomic E-state index is 10.4. The van der Waals surface area contributed by atoms with E-state index in [4.69, 9.17) is 9.47 Å².